The molecule has 8 nitrogen and oxygen atoms in total. The number of carbonyl (C=O) groups is 2. The zero-order valence-electron chi connectivity index (χ0n) is 14.3. The van der Waals surface area contributed by atoms with Crippen molar-refractivity contribution in [2.75, 3.05) is 23.9 Å². The Morgan fingerprint density at radius 1 is 1.30 bits per heavy atom. The van der Waals surface area contributed by atoms with Crippen LogP contribution in [0.1, 0.15) is 6.42 Å². The third kappa shape index (κ3) is 3.86. The molecular weight excluding hydrogens is 357 g/mol. The normalized spacial score (nSPS) is 16.3. The van der Waals surface area contributed by atoms with Crippen LogP contribution in [0.3, 0.4) is 0 Å². The van der Waals surface area contributed by atoms with Crippen LogP contribution < -0.4 is 15.0 Å². The van der Waals surface area contributed by atoms with Crippen molar-refractivity contribution in [3.63, 3.8) is 0 Å². The molecule has 1 saturated heterocycles. The van der Waals surface area contributed by atoms with E-state index < -0.39 is 22.6 Å². The van der Waals surface area contributed by atoms with Crippen molar-refractivity contribution in [2.45, 2.75) is 6.42 Å². The van der Waals surface area contributed by atoms with Gasteiger partial charge in [0.2, 0.25) is 11.8 Å². The van der Waals surface area contributed by atoms with E-state index >= 15 is 0 Å². The Morgan fingerprint density at radius 3 is 2.63 bits per heavy atom. The second-order valence-electron chi connectivity index (χ2n) is 6.01. The number of anilines is 2. The highest BCUT2D eigenvalue weighted by Crippen LogP contribution is 2.31. The van der Waals surface area contributed by atoms with Gasteiger partial charge >= 0.3 is 0 Å². The summed E-state index contributed by atoms with van der Waals surface area (Å²) < 4.78 is 18.1. The number of rotatable bonds is 5. The largest absolute Gasteiger partial charge is 0.494 e. The predicted molar refractivity (Wildman–Crippen MR) is 95.1 cm³/mol. The van der Waals surface area contributed by atoms with Gasteiger partial charge in [-0.05, 0) is 30.3 Å². The van der Waals surface area contributed by atoms with Gasteiger partial charge in [-0.25, -0.2) is 4.39 Å². The molecule has 1 heterocycles. The minimum atomic E-state index is -0.609. The molecule has 27 heavy (non-hydrogen) atoms. The minimum Gasteiger partial charge on any atom is -0.494 e. The molecule has 2 aromatic carbocycles. The topological polar surface area (TPSA) is 102 Å². The van der Waals surface area contributed by atoms with Gasteiger partial charge in [0.15, 0.2) is 0 Å². The summed E-state index contributed by atoms with van der Waals surface area (Å²) in [5.41, 5.74) is 0.633. The van der Waals surface area contributed by atoms with Crippen molar-refractivity contribution >= 4 is 28.9 Å². The van der Waals surface area contributed by atoms with Crippen LogP contribution in [0.5, 0.6) is 5.75 Å². The molecule has 1 atom stereocenters. The number of nitro groups is 1. The van der Waals surface area contributed by atoms with E-state index in [2.05, 4.69) is 5.32 Å². The third-order valence-corrected chi connectivity index (χ3v) is 4.29. The first-order chi connectivity index (χ1) is 12.9. The molecule has 0 radical (unpaired) electrons. The SMILES string of the molecule is COc1cc([N+](=O)[O-])ccc1NC(=O)C1CC(=O)N(c2ccc(F)cc2)C1. The first-order valence-corrected chi connectivity index (χ1v) is 8.08. The van der Waals surface area contributed by atoms with Crippen molar-refractivity contribution in [1.82, 2.24) is 0 Å². The first kappa shape index (κ1) is 18.3. The molecule has 1 fully saturated rings. The van der Waals surface area contributed by atoms with Gasteiger partial charge < -0.3 is 15.0 Å². The van der Waals surface area contributed by atoms with Crippen LogP contribution in [0, 0.1) is 21.8 Å². The van der Waals surface area contributed by atoms with Crippen LogP contribution in [0.15, 0.2) is 42.5 Å². The van der Waals surface area contributed by atoms with Gasteiger partial charge in [0.1, 0.15) is 11.6 Å². The van der Waals surface area contributed by atoms with Crippen LogP contribution in [0.25, 0.3) is 0 Å². The number of ether oxygens (including phenoxy) is 1. The van der Waals surface area contributed by atoms with E-state index in [4.69, 9.17) is 4.74 Å². The van der Waals surface area contributed by atoms with E-state index in [1.807, 2.05) is 0 Å². The highest BCUT2D eigenvalue weighted by Gasteiger charge is 2.35. The molecule has 2 amide bonds. The molecule has 140 valence electrons. The van der Waals surface area contributed by atoms with E-state index in [1.165, 1.54) is 54.5 Å². The summed E-state index contributed by atoms with van der Waals surface area (Å²) in [7, 11) is 1.34. The van der Waals surface area contributed by atoms with Gasteiger partial charge in [-0.3, -0.25) is 19.7 Å². The monoisotopic (exact) mass is 373 g/mol. The van der Waals surface area contributed by atoms with Gasteiger partial charge in [0, 0.05) is 24.7 Å². The number of hydrogen-bond acceptors (Lipinski definition) is 5. The number of nitrogens with one attached hydrogen (secondary N) is 1. The molecule has 1 unspecified atom stereocenters. The van der Waals surface area contributed by atoms with E-state index in [1.54, 1.807) is 0 Å². The lowest BCUT2D eigenvalue weighted by molar-refractivity contribution is -0.384. The molecule has 2 aromatic rings. The fraction of sp³-hybridized carbons (Fsp3) is 0.222. The quantitative estimate of drug-likeness (QED) is 0.641. The fourth-order valence-corrected chi connectivity index (χ4v) is 2.89. The lowest BCUT2D eigenvalue weighted by atomic mass is 10.1. The Hall–Kier alpha value is -3.49. The molecule has 0 aromatic heterocycles. The van der Waals surface area contributed by atoms with Crippen LogP contribution in [0.4, 0.5) is 21.5 Å². The Morgan fingerprint density at radius 2 is 2.00 bits per heavy atom. The Bertz CT molecular complexity index is 900. The number of nitro benzene ring substituents is 1. The molecule has 0 bridgehead atoms. The van der Waals surface area contributed by atoms with Crippen LogP contribution >= 0.6 is 0 Å². The average Bonchev–Trinajstić information content (AvgIpc) is 3.04. The summed E-state index contributed by atoms with van der Waals surface area (Å²) in [5, 5.41) is 13.5. The van der Waals surface area contributed by atoms with Gasteiger partial charge in [0.25, 0.3) is 5.69 Å². The van der Waals surface area contributed by atoms with Crippen molar-refractivity contribution < 1.29 is 23.6 Å². The zero-order chi connectivity index (χ0) is 19.6. The Labute approximate surface area is 153 Å². The molecule has 1 N–H and O–H groups in total. The summed E-state index contributed by atoms with van der Waals surface area (Å²) in [5.74, 6) is -1.51. The Kier molecular flexibility index (Phi) is 5.02. The summed E-state index contributed by atoms with van der Waals surface area (Å²) >= 11 is 0. The maximum atomic E-state index is 13.0. The molecule has 0 spiro atoms. The average molecular weight is 373 g/mol. The molecule has 1 aliphatic heterocycles. The number of halogens is 1. The van der Waals surface area contributed by atoms with Crippen molar-refractivity contribution in [2.24, 2.45) is 5.92 Å². The van der Waals surface area contributed by atoms with E-state index in [-0.39, 0.29) is 36.0 Å². The number of benzene rings is 2. The van der Waals surface area contributed by atoms with Gasteiger partial charge in [-0.2, -0.15) is 0 Å². The highest BCUT2D eigenvalue weighted by atomic mass is 19.1. The smallest absolute Gasteiger partial charge is 0.273 e. The van der Waals surface area contributed by atoms with Crippen LogP contribution in [-0.2, 0) is 9.59 Å². The van der Waals surface area contributed by atoms with Gasteiger partial charge in [-0.1, -0.05) is 0 Å². The summed E-state index contributed by atoms with van der Waals surface area (Å²) in [6.07, 6.45) is 0.0124. The number of non-ortho nitro benzene ring substituents is 1. The van der Waals surface area contributed by atoms with Gasteiger partial charge in [0.05, 0.1) is 29.7 Å². The van der Waals surface area contributed by atoms with Crippen molar-refractivity contribution in [1.29, 1.82) is 0 Å². The number of nitrogens with zero attached hydrogens (tertiary/aromatic N) is 2. The summed E-state index contributed by atoms with van der Waals surface area (Å²) in [4.78, 5) is 36.5. The molecule has 0 aliphatic carbocycles. The van der Waals surface area contributed by atoms with Crippen LogP contribution in [-0.4, -0.2) is 30.4 Å². The lowest BCUT2D eigenvalue weighted by Crippen LogP contribution is -2.28. The molecule has 9 heteroatoms. The van der Waals surface area contributed by atoms with E-state index in [0.717, 1.165) is 0 Å². The van der Waals surface area contributed by atoms with Gasteiger partial charge in [-0.15, -0.1) is 0 Å². The number of methoxy groups -OCH3 is 1. The van der Waals surface area contributed by atoms with E-state index in [9.17, 15) is 24.1 Å². The summed E-state index contributed by atoms with van der Waals surface area (Å²) in [6.45, 7) is 0.158. The number of amides is 2. The second-order valence-corrected chi connectivity index (χ2v) is 6.01. The molecular formula is C18H16FN3O5. The fourth-order valence-electron chi connectivity index (χ4n) is 2.89. The second kappa shape index (κ2) is 7.40. The summed E-state index contributed by atoms with van der Waals surface area (Å²) in [6, 6.07) is 9.29. The first-order valence-electron chi connectivity index (χ1n) is 8.08. The van der Waals surface area contributed by atoms with Crippen molar-refractivity contribution in [3.05, 3.63) is 58.4 Å². The van der Waals surface area contributed by atoms with Crippen molar-refractivity contribution in [3.8, 4) is 5.75 Å². The molecule has 3 rings (SSSR count). The third-order valence-electron chi connectivity index (χ3n) is 4.29. The standard InChI is InChI=1S/C18H16FN3O5/c1-27-16-9-14(22(25)26)6-7-15(16)20-18(24)11-8-17(23)21(10-11)13-4-2-12(19)3-5-13/h2-7,9,11H,8,10H2,1H3,(H,20,24). The zero-order valence-corrected chi connectivity index (χ0v) is 14.3. The lowest BCUT2D eigenvalue weighted by Gasteiger charge is -2.17. The van der Waals surface area contributed by atoms with E-state index in [0.29, 0.717) is 5.69 Å². The minimum absolute atomic E-state index is 0.0124. The predicted octanol–water partition coefficient (Wildman–Crippen LogP) is 2.73. The maximum absolute atomic E-state index is 13.0. The molecule has 1 aliphatic rings. The molecule has 0 saturated carbocycles. The maximum Gasteiger partial charge on any atom is 0.273 e. The number of carbonyl (C=O) groups excluding carboxylic acids is 2. The number of hydrogen-bond donors (Lipinski definition) is 1. The van der Waals surface area contributed by atoms with Crippen LogP contribution in [0.2, 0.25) is 0 Å². The highest BCUT2D eigenvalue weighted by molar-refractivity contribution is 6.04. The Balaban J connectivity index is 1.73.